The molecule has 0 radical (unpaired) electrons. The lowest BCUT2D eigenvalue weighted by Crippen LogP contribution is -2.11. The molecule has 0 saturated heterocycles. The molecule has 5 N–H and O–H groups in total. The highest BCUT2D eigenvalue weighted by Gasteiger charge is 2.20. The smallest absolute Gasteiger partial charge is 0.250 e. The lowest BCUT2D eigenvalue weighted by Gasteiger charge is -2.15. The number of nitrogens with zero attached hydrogens (tertiary/aromatic N) is 1. The molecule has 0 bridgehead atoms. The SMILES string of the molecule is Cc1ccc2cn(-c3cccc(-c4ccc(C(N)=O)c5[nH]c6cc(OCCO)ccc6c45)c3C)c(O)c2c1. The maximum Gasteiger partial charge on any atom is 0.250 e. The highest BCUT2D eigenvalue weighted by molar-refractivity contribution is 6.20. The predicted molar refractivity (Wildman–Crippen MR) is 150 cm³/mol. The minimum absolute atomic E-state index is 0.0809. The van der Waals surface area contributed by atoms with Crippen LogP contribution in [0.2, 0.25) is 0 Å². The molecule has 0 unspecified atom stereocenters. The summed E-state index contributed by atoms with van der Waals surface area (Å²) in [5, 5.41) is 23.8. The molecule has 0 saturated carbocycles. The molecule has 7 heteroatoms. The number of aromatic nitrogens is 2. The molecule has 38 heavy (non-hydrogen) atoms. The molecule has 2 aromatic heterocycles. The van der Waals surface area contributed by atoms with Crippen LogP contribution in [0.3, 0.4) is 0 Å². The van der Waals surface area contributed by atoms with Crippen LogP contribution in [0.15, 0.2) is 72.9 Å². The van der Waals surface area contributed by atoms with E-state index in [0.29, 0.717) is 16.8 Å². The number of carbonyl (C=O) groups excluding carboxylic acids is 1. The standard InChI is InChI=1S/C31H27N3O4/c1-17-6-7-19-16-34(31(37)25(19)14-17)27-5-3-4-21(18(27)2)22-10-11-24(30(32)36)29-28(22)23-9-8-20(38-13-12-35)15-26(23)33-29/h3-11,14-16,33,35,37H,12-13H2,1-2H3,(H2,32,36). The zero-order chi connectivity index (χ0) is 26.6. The molecular weight excluding hydrogens is 478 g/mol. The minimum atomic E-state index is -0.519. The van der Waals surface area contributed by atoms with E-state index in [9.17, 15) is 9.90 Å². The van der Waals surface area contributed by atoms with Crippen LogP contribution in [-0.2, 0) is 0 Å². The number of aliphatic hydroxyl groups excluding tert-OH is 1. The molecule has 0 atom stereocenters. The third-order valence-electron chi connectivity index (χ3n) is 7.15. The molecule has 6 aromatic rings. The molecule has 0 spiro atoms. The Labute approximate surface area is 218 Å². The van der Waals surface area contributed by atoms with Crippen molar-refractivity contribution in [2.75, 3.05) is 13.2 Å². The second-order valence-corrected chi connectivity index (χ2v) is 9.54. The van der Waals surface area contributed by atoms with Crippen LogP contribution in [0, 0.1) is 13.8 Å². The van der Waals surface area contributed by atoms with Gasteiger partial charge in [0, 0.05) is 33.8 Å². The van der Waals surface area contributed by atoms with Crippen LogP contribution in [0.25, 0.3) is 49.4 Å². The van der Waals surface area contributed by atoms with E-state index in [4.69, 9.17) is 15.6 Å². The van der Waals surface area contributed by atoms with Crippen molar-refractivity contribution in [2.45, 2.75) is 13.8 Å². The van der Waals surface area contributed by atoms with E-state index in [0.717, 1.165) is 55.0 Å². The van der Waals surface area contributed by atoms with Gasteiger partial charge >= 0.3 is 0 Å². The van der Waals surface area contributed by atoms with Gasteiger partial charge < -0.3 is 25.7 Å². The van der Waals surface area contributed by atoms with Crippen LogP contribution < -0.4 is 10.5 Å². The van der Waals surface area contributed by atoms with E-state index in [1.807, 2.05) is 85.3 Å². The van der Waals surface area contributed by atoms with E-state index in [1.165, 1.54) is 0 Å². The van der Waals surface area contributed by atoms with Crippen LogP contribution >= 0.6 is 0 Å². The van der Waals surface area contributed by atoms with E-state index < -0.39 is 5.91 Å². The van der Waals surface area contributed by atoms with Crippen molar-refractivity contribution in [1.29, 1.82) is 0 Å². The summed E-state index contributed by atoms with van der Waals surface area (Å²) in [6.07, 6.45) is 1.95. The van der Waals surface area contributed by atoms with E-state index >= 15 is 0 Å². The maximum atomic E-state index is 12.3. The highest BCUT2D eigenvalue weighted by Crippen LogP contribution is 2.40. The number of hydrogen-bond donors (Lipinski definition) is 4. The first-order chi connectivity index (χ1) is 18.4. The number of rotatable bonds is 6. The third-order valence-corrected chi connectivity index (χ3v) is 7.15. The lowest BCUT2D eigenvalue weighted by molar-refractivity contribution is 0.100. The van der Waals surface area contributed by atoms with Crippen LogP contribution in [-0.4, -0.2) is 38.9 Å². The summed E-state index contributed by atoms with van der Waals surface area (Å²) in [4.78, 5) is 15.7. The number of aryl methyl sites for hydroxylation is 1. The van der Waals surface area contributed by atoms with E-state index in [-0.39, 0.29) is 19.1 Å². The predicted octanol–water partition coefficient (Wildman–Crippen LogP) is 5.72. The van der Waals surface area contributed by atoms with Gasteiger partial charge in [-0.05, 0) is 60.9 Å². The van der Waals surface area contributed by atoms with Gasteiger partial charge in [-0.3, -0.25) is 9.36 Å². The van der Waals surface area contributed by atoms with Crippen molar-refractivity contribution in [1.82, 2.24) is 9.55 Å². The minimum Gasteiger partial charge on any atom is -0.494 e. The summed E-state index contributed by atoms with van der Waals surface area (Å²) in [6, 6.07) is 21.3. The van der Waals surface area contributed by atoms with Gasteiger partial charge in [-0.1, -0.05) is 35.9 Å². The number of hydrogen-bond acceptors (Lipinski definition) is 4. The topological polar surface area (TPSA) is 114 Å². The number of carbonyl (C=O) groups is 1. The molecule has 0 aliphatic rings. The van der Waals surface area contributed by atoms with E-state index in [1.54, 1.807) is 6.07 Å². The number of aromatic amines is 1. The number of primary amides is 1. The number of aromatic hydroxyl groups is 1. The first kappa shape index (κ1) is 23.6. The van der Waals surface area contributed by atoms with Gasteiger partial charge in [0.25, 0.3) is 5.91 Å². The van der Waals surface area contributed by atoms with Crippen molar-refractivity contribution >= 4 is 38.5 Å². The fraction of sp³-hybridized carbons (Fsp3) is 0.129. The van der Waals surface area contributed by atoms with Gasteiger partial charge in [-0.25, -0.2) is 0 Å². The Bertz CT molecular complexity index is 1880. The molecule has 7 nitrogen and oxygen atoms in total. The molecule has 190 valence electrons. The summed E-state index contributed by atoms with van der Waals surface area (Å²) >= 11 is 0. The lowest BCUT2D eigenvalue weighted by atomic mass is 9.93. The Balaban J connectivity index is 1.59. The summed E-state index contributed by atoms with van der Waals surface area (Å²) in [5.74, 6) is 0.291. The average molecular weight is 506 g/mol. The molecule has 4 aromatic carbocycles. The third kappa shape index (κ3) is 3.67. The van der Waals surface area contributed by atoms with Crippen molar-refractivity contribution in [3.05, 3.63) is 89.6 Å². The van der Waals surface area contributed by atoms with Gasteiger partial charge in [0.1, 0.15) is 12.4 Å². The monoisotopic (exact) mass is 505 g/mol. The van der Waals surface area contributed by atoms with Crippen molar-refractivity contribution in [3.63, 3.8) is 0 Å². The number of amides is 1. The number of H-pyrrole nitrogens is 1. The Hall–Kier alpha value is -4.75. The number of nitrogens with two attached hydrogens (primary N) is 1. The largest absolute Gasteiger partial charge is 0.494 e. The molecular formula is C31H27N3O4. The summed E-state index contributed by atoms with van der Waals surface area (Å²) < 4.78 is 7.41. The quantitative estimate of drug-likeness (QED) is 0.232. The maximum absolute atomic E-state index is 12.3. The molecule has 0 aliphatic carbocycles. The van der Waals surface area contributed by atoms with Crippen LogP contribution in [0.4, 0.5) is 0 Å². The first-order valence-electron chi connectivity index (χ1n) is 12.4. The van der Waals surface area contributed by atoms with Gasteiger partial charge in [0.2, 0.25) is 5.88 Å². The zero-order valence-electron chi connectivity index (χ0n) is 21.1. The van der Waals surface area contributed by atoms with Crippen molar-refractivity contribution in [3.8, 4) is 28.4 Å². The van der Waals surface area contributed by atoms with Crippen molar-refractivity contribution in [2.24, 2.45) is 5.73 Å². The first-order valence-corrected chi connectivity index (χ1v) is 12.4. The number of aliphatic hydroxyl groups is 1. The fourth-order valence-corrected chi connectivity index (χ4v) is 5.34. The second kappa shape index (κ2) is 8.97. The average Bonchev–Trinajstić information content (AvgIpc) is 3.44. The summed E-state index contributed by atoms with van der Waals surface area (Å²) in [7, 11) is 0. The number of benzene rings is 4. The van der Waals surface area contributed by atoms with Gasteiger partial charge in [-0.15, -0.1) is 0 Å². The Morgan fingerprint density at radius 3 is 2.63 bits per heavy atom. The Morgan fingerprint density at radius 2 is 1.84 bits per heavy atom. The number of nitrogens with one attached hydrogen (secondary N) is 1. The number of fused-ring (bicyclic) bond motifs is 4. The fourth-order valence-electron chi connectivity index (χ4n) is 5.34. The van der Waals surface area contributed by atoms with Gasteiger partial charge in [0.15, 0.2) is 0 Å². The number of ether oxygens (including phenoxy) is 1. The molecule has 1 amide bonds. The highest BCUT2D eigenvalue weighted by atomic mass is 16.5. The zero-order valence-corrected chi connectivity index (χ0v) is 21.1. The molecule has 0 fully saturated rings. The Kier molecular flexibility index (Phi) is 5.58. The van der Waals surface area contributed by atoms with Crippen LogP contribution in [0.5, 0.6) is 11.6 Å². The summed E-state index contributed by atoms with van der Waals surface area (Å²) in [6.45, 7) is 4.15. The molecule has 6 rings (SSSR count). The van der Waals surface area contributed by atoms with Crippen molar-refractivity contribution < 1.29 is 19.7 Å². The van der Waals surface area contributed by atoms with Gasteiger partial charge in [0.05, 0.1) is 28.9 Å². The van der Waals surface area contributed by atoms with Crippen LogP contribution in [0.1, 0.15) is 21.5 Å². The van der Waals surface area contributed by atoms with E-state index in [2.05, 4.69) is 4.98 Å². The Morgan fingerprint density at radius 1 is 1.00 bits per heavy atom. The van der Waals surface area contributed by atoms with Gasteiger partial charge in [-0.2, -0.15) is 0 Å². The molecule has 2 heterocycles. The summed E-state index contributed by atoms with van der Waals surface area (Å²) in [5.41, 5.74) is 12.4. The second-order valence-electron chi connectivity index (χ2n) is 9.54. The molecule has 0 aliphatic heterocycles. The normalized spacial score (nSPS) is 11.6.